The van der Waals surface area contributed by atoms with Crippen LogP contribution in [-0.4, -0.2) is 39.8 Å². The Morgan fingerprint density at radius 2 is 1.96 bits per heavy atom. The van der Waals surface area contributed by atoms with Crippen molar-refractivity contribution in [2.75, 3.05) is 18.4 Å². The van der Waals surface area contributed by atoms with E-state index in [0.29, 0.717) is 16.6 Å². The molecule has 0 atom stereocenters. The van der Waals surface area contributed by atoms with Gasteiger partial charge in [0.05, 0.1) is 5.69 Å². The highest BCUT2D eigenvalue weighted by molar-refractivity contribution is 7.13. The van der Waals surface area contributed by atoms with Gasteiger partial charge in [0.2, 0.25) is 5.91 Å². The Balaban J connectivity index is 1.59. The fraction of sp³-hybridized carbons (Fsp3) is 0.375. The van der Waals surface area contributed by atoms with Gasteiger partial charge in [0.25, 0.3) is 5.91 Å². The largest absolute Gasteiger partial charge is 0.339 e. The van der Waals surface area contributed by atoms with E-state index in [4.69, 9.17) is 0 Å². The summed E-state index contributed by atoms with van der Waals surface area (Å²) >= 11 is 1.44. The van der Waals surface area contributed by atoms with E-state index in [2.05, 4.69) is 15.3 Å². The van der Waals surface area contributed by atoms with Crippen LogP contribution in [0, 0.1) is 0 Å². The zero-order valence-electron chi connectivity index (χ0n) is 12.9. The standard InChI is InChI=1S/C16H18N4O2S/c1-11(21)18-16-19-14(10-23-16)12-4-8-20(9-5-12)15(22)13-2-6-17-7-3-13/h2-3,6-7,10,12H,4-5,8-9H2,1H3,(H,18,19,21). The summed E-state index contributed by atoms with van der Waals surface area (Å²) in [6, 6.07) is 3.49. The minimum Gasteiger partial charge on any atom is -0.339 e. The number of hydrogen-bond acceptors (Lipinski definition) is 5. The average molecular weight is 330 g/mol. The number of piperidine rings is 1. The van der Waals surface area contributed by atoms with Crippen LogP contribution in [-0.2, 0) is 4.79 Å². The normalized spacial score (nSPS) is 15.4. The molecule has 1 N–H and O–H groups in total. The van der Waals surface area contributed by atoms with Crippen molar-refractivity contribution < 1.29 is 9.59 Å². The molecule has 0 bridgehead atoms. The lowest BCUT2D eigenvalue weighted by molar-refractivity contribution is -0.114. The Hall–Kier alpha value is -2.28. The van der Waals surface area contributed by atoms with Gasteiger partial charge in [-0.15, -0.1) is 11.3 Å². The van der Waals surface area contributed by atoms with Crippen molar-refractivity contribution in [2.24, 2.45) is 0 Å². The second-order valence-corrected chi connectivity index (χ2v) is 6.42. The monoisotopic (exact) mass is 330 g/mol. The SMILES string of the molecule is CC(=O)Nc1nc(C2CCN(C(=O)c3ccncc3)CC2)cs1. The molecule has 2 amide bonds. The van der Waals surface area contributed by atoms with E-state index >= 15 is 0 Å². The topological polar surface area (TPSA) is 75.2 Å². The molecule has 2 aromatic rings. The molecule has 0 radical (unpaired) electrons. The fourth-order valence-electron chi connectivity index (χ4n) is 2.74. The molecule has 0 spiro atoms. The molecule has 23 heavy (non-hydrogen) atoms. The van der Waals surface area contributed by atoms with E-state index in [-0.39, 0.29) is 11.8 Å². The number of aromatic nitrogens is 2. The van der Waals surface area contributed by atoms with E-state index in [1.807, 2.05) is 10.3 Å². The van der Waals surface area contributed by atoms with E-state index in [1.165, 1.54) is 18.3 Å². The van der Waals surface area contributed by atoms with Crippen molar-refractivity contribution in [2.45, 2.75) is 25.7 Å². The van der Waals surface area contributed by atoms with Crippen LogP contribution in [0.25, 0.3) is 0 Å². The number of nitrogens with one attached hydrogen (secondary N) is 1. The zero-order valence-corrected chi connectivity index (χ0v) is 13.7. The van der Waals surface area contributed by atoms with Gasteiger partial charge in [-0.1, -0.05) is 0 Å². The maximum Gasteiger partial charge on any atom is 0.253 e. The summed E-state index contributed by atoms with van der Waals surface area (Å²) in [6.45, 7) is 2.92. The van der Waals surface area contributed by atoms with E-state index in [0.717, 1.165) is 31.6 Å². The van der Waals surface area contributed by atoms with Crippen LogP contribution in [0.5, 0.6) is 0 Å². The van der Waals surface area contributed by atoms with Crippen molar-refractivity contribution in [3.8, 4) is 0 Å². The zero-order chi connectivity index (χ0) is 16.2. The number of likely N-dealkylation sites (tertiary alicyclic amines) is 1. The molecule has 1 fully saturated rings. The summed E-state index contributed by atoms with van der Waals surface area (Å²) in [6.07, 6.45) is 5.05. The van der Waals surface area contributed by atoms with E-state index in [9.17, 15) is 9.59 Å². The molecular formula is C16H18N4O2S. The lowest BCUT2D eigenvalue weighted by atomic mass is 9.94. The molecular weight excluding hydrogens is 312 g/mol. The van der Waals surface area contributed by atoms with Gasteiger partial charge < -0.3 is 10.2 Å². The van der Waals surface area contributed by atoms with Crippen molar-refractivity contribution in [1.82, 2.24) is 14.9 Å². The first-order chi connectivity index (χ1) is 11.1. The van der Waals surface area contributed by atoms with Gasteiger partial charge in [-0.2, -0.15) is 0 Å². The van der Waals surface area contributed by atoms with Crippen LogP contribution >= 0.6 is 11.3 Å². The molecule has 0 saturated carbocycles. The second-order valence-electron chi connectivity index (χ2n) is 5.56. The highest BCUT2D eigenvalue weighted by Crippen LogP contribution is 2.30. The average Bonchev–Trinajstić information content (AvgIpc) is 3.03. The Morgan fingerprint density at radius 3 is 2.61 bits per heavy atom. The number of nitrogens with zero attached hydrogens (tertiary/aromatic N) is 3. The number of carbonyl (C=O) groups excluding carboxylic acids is 2. The van der Waals surface area contributed by atoms with Crippen molar-refractivity contribution in [3.05, 3.63) is 41.2 Å². The number of rotatable bonds is 3. The number of thiazole rings is 1. The van der Waals surface area contributed by atoms with Gasteiger partial charge >= 0.3 is 0 Å². The third-order valence-corrected chi connectivity index (χ3v) is 4.71. The van der Waals surface area contributed by atoms with Gasteiger partial charge in [-0.25, -0.2) is 4.98 Å². The van der Waals surface area contributed by atoms with Crippen molar-refractivity contribution in [3.63, 3.8) is 0 Å². The first-order valence-electron chi connectivity index (χ1n) is 7.56. The number of carbonyl (C=O) groups is 2. The van der Waals surface area contributed by atoms with Gasteiger partial charge in [0.1, 0.15) is 0 Å². The van der Waals surface area contributed by atoms with Crippen LogP contribution in [0.2, 0.25) is 0 Å². The molecule has 6 nitrogen and oxygen atoms in total. The van der Waals surface area contributed by atoms with Crippen LogP contribution in [0.4, 0.5) is 5.13 Å². The highest BCUT2D eigenvalue weighted by atomic mass is 32.1. The molecule has 0 unspecified atom stereocenters. The number of anilines is 1. The Bertz CT molecular complexity index is 693. The first kappa shape index (κ1) is 15.6. The summed E-state index contributed by atoms with van der Waals surface area (Å²) in [7, 11) is 0. The molecule has 0 aliphatic carbocycles. The number of pyridine rings is 1. The minimum absolute atomic E-state index is 0.0584. The van der Waals surface area contributed by atoms with Gasteiger partial charge in [-0.3, -0.25) is 14.6 Å². The first-order valence-corrected chi connectivity index (χ1v) is 8.44. The Morgan fingerprint density at radius 1 is 1.26 bits per heavy atom. The summed E-state index contributed by atoms with van der Waals surface area (Å²) in [4.78, 5) is 33.8. The summed E-state index contributed by atoms with van der Waals surface area (Å²) in [5, 5.41) is 5.35. The molecule has 2 aromatic heterocycles. The van der Waals surface area contributed by atoms with Crippen LogP contribution in [0.15, 0.2) is 29.9 Å². The third-order valence-electron chi connectivity index (χ3n) is 3.93. The molecule has 3 rings (SSSR count). The molecule has 7 heteroatoms. The van der Waals surface area contributed by atoms with Crippen LogP contribution in [0.1, 0.15) is 41.7 Å². The number of hydrogen-bond donors (Lipinski definition) is 1. The van der Waals surface area contributed by atoms with Crippen molar-refractivity contribution in [1.29, 1.82) is 0 Å². The smallest absolute Gasteiger partial charge is 0.253 e. The molecule has 120 valence electrons. The van der Waals surface area contributed by atoms with E-state index < -0.39 is 0 Å². The third kappa shape index (κ3) is 3.73. The fourth-order valence-corrected chi connectivity index (χ4v) is 3.58. The molecule has 1 aliphatic rings. The van der Waals surface area contributed by atoms with E-state index in [1.54, 1.807) is 24.5 Å². The molecule has 0 aromatic carbocycles. The lowest BCUT2D eigenvalue weighted by Gasteiger charge is -2.31. The predicted molar refractivity (Wildman–Crippen MR) is 88.5 cm³/mol. The Labute approximate surface area is 138 Å². The lowest BCUT2D eigenvalue weighted by Crippen LogP contribution is -2.38. The summed E-state index contributed by atoms with van der Waals surface area (Å²) in [5.74, 6) is 0.293. The summed E-state index contributed by atoms with van der Waals surface area (Å²) < 4.78 is 0. The Kier molecular flexibility index (Phi) is 4.66. The quantitative estimate of drug-likeness (QED) is 0.938. The second kappa shape index (κ2) is 6.87. The molecule has 1 saturated heterocycles. The van der Waals surface area contributed by atoms with Gasteiger partial charge in [0.15, 0.2) is 5.13 Å². The summed E-state index contributed by atoms with van der Waals surface area (Å²) in [5.41, 5.74) is 1.69. The predicted octanol–water partition coefficient (Wildman–Crippen LogP) is 2.52. The van der Waals surface area contributed by atoms with Crippen LogP contribution in [0.3, 0.4) is 0 Å². The minimum atomic E-state index is -0.108. The highest BCUT2D eigenvalue weighted by Gasteiger charge is 2.26. The van der Waals surface area contributed by atoms with Gasteiger partial charge in [-0.05, 0) is 25.0 Å². The molecule has 1 aliphatic heterocycles. The maximum atomic E-state index is 12.4. The van der Waals surface area contributed by atoms with Gasteiger partial charge in [0, 0.05) is 49.3 Å². The van der Waals surface area contributed by atoms with Crippen molar-refractivity contribution >= 4 is 28.3 Å². The maximum absolute atomic E-state index is 12.4. The number of amides is 2. The molecule has 3 heterocycles. The van der Waals surface area contributed by atoms with Crippen LogP contribution < -0.4 is 5.32 Å².